The highest BCUT2D eigenvalue weighted by Gasteiger charge is 2.62. The average Bonchev–Trinajstić information content (AvgIpc) is 2.53. The van der Waals surface area contributed by atoms with Crippen molar-refractivity contribution >= 4 is 17.5 Å². The molecule has 2 unspecified atom stereocenters. The Balaban J connectivity index is 2.14. The number of carbonyl (C=O) groups is 2. The molecule has 0 bridgehead atoms. The summed E-state index contributed by atoms with van der Waals surface area (Å²) in [6.45, 7) is 8.31. The van der Waals surface area contributed by atoms with Crippen LogP contribution in [0.15, 0.2) is 18.2 Å². The lowest BCUT2D eigenvalue weighted by Crippen LogP contribution is -2.74. The van der Waals surface area contributed by atoms with Gasteiger partial charge < -0.3 is 20.7 Å². The Bertz CT molecular complexity index is 684. The molecule has 1 aromatic rings. The summed E-state index contributed by atoms with van der Waals surface area (Å²) in [4.78, 5) is 26.4. The van der Waals surface area contributed by atoms with E-state index in [0.29, 0.717) is 24.3 Å². The fraction of sp³-hybridized carbons (Fsp3) is 0.579. The number of nitrogens with zero attached hydrogens (tertiary/aromatic N) is 1. The van der Waals surface area contributed by atoms with Crippen molar-refractivity contribution in [3.8, 4) is 0 Å². The van der Waals surface area contributed by atoms with Crippen LogP contribution in [0.3, 0.4) is 0 Å². The Morgan fingerprint density at radius 3 is 2.48 bits per heavy atom. The minimum Gasteiger partial charge on any atom is -0.378 e. The van der Waals surface area contributed by atoms with Crippen LogP contribution < -0.4 is 11.1 Å². The summed E-state index contributed by atoms with van der Waals surface area (Å²) in [5.74, 6) is -0.287. The Labute approximate surface area is 149 Å². The number of hydrogen-bond acceptors (Lipinski definition) is 4. The molecule has 1 saturated carbocycles. The molecule has 0 saturated heterocycles. The number of aryl methyl sites for hydroxylation is 1. The van der Waals surface area contributed by atoms with E-state index in [1.807, 2.05) is 27.7 Å². The lowest BCUT2D eigenvalue weighted by molar-refractivity contribution is -0.166. The third kappa shape index (κ3) is 3.28. The van der Waals surface area contributed by atoms with Crippen molar-refractivity contribution in [3.63, 3.8) is 0 Å². The minimum absolute atomic E-state index is 0.0184. The standard InChI is InChI=1S/C19H29N3O3/c1-7-25-15-11-19(20,18(15,3)4)17(24)21-13-8-9-14(12(2)10-13)16(23)22(5)6/h8-10,15H,7,11,20H2,1-6H3,(H,21,24). The molecule has 6 heteroatoms. The zero-order chi connectivity index (χ0) is 19.0. The number of anilines is 1. The van der Waals surface area contributed by atoms with Crippen LogP contribution in [0, 0.1) is 12.3 Å². The molecule has 1 aromatic carbocycles. The van der Waals surface area contributed by atoms with Crippen molar-refractivity contribution < 1.29 is 14.3 Å². The number of amides is 2. The lowest BCUT2D eigenvalue weighted by atomic mass is 9.54. The summed E-state index contributed by atoms with van der Waals surface area (Å²) < 4.78 is 5.67. The van der Waals surface area contributed by atoms with Gasteiger partial charge in [0.2, 0.25) is 5.91 Å². The average molecular weight is 347 g/mol. The molecule has 2 rings (SSSR count). The number of nitrogens with one attached hydrogen (secondary N) is 1. The molecule has 1 aliphatic rings. The van der Waals surface area contributed by atoms with Crippen LogP contribution in [-0.2, 0) is 9.53 Å². The van der Waals surface area contributed by atoms with Crippen LogP contribution in [0.1, 0.15) is 43.1 Å². The van der Waals surface area contributed by atoms with Gasteiger partial charge in [0, 0.05) is 43.8 Å². The van der Waals surface area contributed by atoms with Crippen molar-refractivity contribution in [2.75, 3.05) is 26.0 Å². The molecular weight excluding hydrogens is 318 g/mol. The fourth-order valence-corrected chi connectivity index (χ4v) is 3.29. The fourth-order valence-electron chi connectivity index (χ4n) is 3.29. The number of benzene rings is 1. The summed E-state index contributed by atoms with van der Waals surface area (Å²) in [5.41, 5.74) is 7.04. The summed E-state index contributed by atoms with van der Waals surface area (Å²) in [5, 5.41) is 2.89. The van der Waals surface area contributed by atoms with E-state index < -0.39 is 11.0 Å². The first-order valence-electron chi connectivity index (χ1n) is 8.58. The molecular formula is C19H29N3O3. The molecule has 0 aliphatic heterocycles. The molecule has 2 amide bonds. The van der Waals surface area contributed by atoms with Gasteiger partial charge in [-0.1, -0.05) is 13.8 Å². The minimum atomic E-state index is -0.973. The number of rotatable bonds is 5. The van der Waals surface area contributed by atoms with Gasteiger partial charge in [-0.3, -0.25) is 9.59 Å². The van der Waals surface area contributed by atoms with Crippen molar-refractivity contribution in [1.29, 1.82) is 0 Å². The zero-order valence-corrected chi connectivity index (χ0v) is 16.0. The number of hydrogen-bond donors (Lipinski definition) is 2. The van der Waals surface area contributed by atoms with E-state index in [2.05, 4.69) is 5.32 Å². The van der Waals surface area contributed by atoms with Gasteiger partial charge in [-0.25, -0.2) is 0 Å². The maximum atomic E-state index is 12.8. The Kier molecular flexibility index (Phi) is 5.25. The molecule has 0 radical (unpaired) electrons. The highest BCUT2D eigenvalue weighted by Crippen LogP contribution is 2.50. The first kappa shape index (κ1) is 19.4. The molecule has 1 aliphatic carbocycles. The second-order valence-electron chi connectivity index (χ2n) is 7.52. The van der Waals surface area contributed by atoms with E-state index in [1.54, 1.807) is 32.3 Å². The molecule has 0 heterocycles. The van der Waals surface area contributed by atoms with Crippen molar-refractivity contribution in [3.05, 3.63) is 29.3 Å². The van der Waals surface area contributed by atoms with Gasteiger partial charge in [0.05, 0.1) is 6.10 Å². The van der Waals surface area contributed by atoms with E-state index in [9.17, 15) is 9.59 Å². The second-order valence-corrected chi connectivity index (χ2v) is 7.52. The molecule has 25 heavy (non-hydrogen) atoms. The third-order valence-electron chi connectivity index (χ3n) is 5.36. The lowest BCUT2D eigenvalue weighted by Gasteiger charge is -2.57. The quantitative estimate of drug-likeness (QED) is 0.855. The van der Waals surface area contributed by atoms with E-state index in [-0.39, 0.29) is 17.9 Å². The molecule has 6 nitrogen and oxygen atoms in total. The van der Waals surface area contributed by atoms with Gasteiger partial charge in [0.25, 0.3) is 5.91 Å². The third-order valence-corrected chi connectivity index (χ3v) is 5.36. The predicted molar refractivity (Wildman–Crippen MR) is 98.6 cm³/mol. The van der Waals surface area contributed by atoms with Gasteiger partial charge >= 0.3 is 0 Å². The monoisotopic (exact) mass is 347 g/mol. The SMILES string of the molecule is CCOC1CC(N)(C(=O)Nc2ccc(C(=O)N(C)C)c(C)c2)C1(C)C. The maximum absolute atomic E-state index is 12.8. The van der Waals surface area contributed by atoms with Gasteiger partial charge in [0.1, 0.15) is 5.54 Å². The summed E-state index contributed by atoms with van der Waals surface area (Å²) >= 11 is 0. The topological polar surface area (TPSA) is 84.7 Å². The first-order valence-corrected chi connectivity index (χ1v) is 8.58. The predicted octanol–water partition coefficient (Wildman–Crippen LogP) is 2.17. The smallest absolute Gasteiger partial charge is 0.253 e. The van der Waals surface area contributed by atoms with Crippen LogP contribution >= 0.6 is 0 Å². The largest absolute Gasteiger partial charge is 0.378 e. The van der Waals surface area contributed by atoms with Crippen molar-refractivity contribution in [2.45, 2.75) is 45.8 Å². The van der Waals surface area contributed by atoms with Gasteiger partial charge in [-0.15, -0.1) is 0 Å². The first-order chi connectivity index (χ1) is 11.5. The van der Waals surface area contributed by atoms with Crippen molar-refractivity contribution in [2.24, 2.45) is 11.1 Å². The van der Waals surface area contributed by atoms with Gasteiger partial charge in [-0.2, -0.15) is 0 Å². The molecule has 1 fully saturated rings. The van der Waals surface area contributed by atoms with Crippen molar-refractivity contribution in [1.82, 2.24) is 4.90 Å². The van der Waals surface area contributed by atoms with Crippen LogP contribution in [-0.4, -0.2) is 49.1 Å². The van der Waals surface area contributed by atoms with Gasteiger partial charge in [-0.05, 0) is 37.6 Å². The summed E-state index contributed by atoms with van der Waals surface area (Å²) in [6.07, 6.45) is 0.477. The Morgan fingerprint density at radius 2 is 2.00 bits per heavy atom. The number of nitrogens with two attached hydrogens (primary N) is 1. The molecule has 0 spiro atoms. The van der Waals surface area contributed by atoms with E-state index in [1.165, 1.54) is 4.90 Å². The van der Waals surface area contributed by atoms with Crippen LogP contribution in [0.4, 0.5) is 5.69 Å². The zero-order valence-electron chi connectivity index (χ0n) is 16.0. The van der Waals surface area contributed by atoms with Crippen LogP contribution in [0.25, 0.3) is 0 Å². The highest BCUT2D eigenvalue weighted by molar-refractivity contribution is 6.01. The molecule has 3 N–H and O–H groups in total. The van der Waals surface area contributed by atoms with E-state index in [4.69, 9.17) is 10.5 Å². The summed E-state index contributed by atoms with van der Waals surface area (Å²) in [7, 11) is 3.42. The number of carbonyl (C=O) groups excluding carboxylic acids is 2. The molecule has 138 valence electrons. The highest BCUT2D eigenvalue weighted by atomic mass is 16.5. The normalized spacial score (nSPS) is 24.4. The maximum Gasteiger partial charge on any atom is 0.253 e. The van der Waals surface area contributed by atoms with Crippen LogP contribution in [0.2, 0.25) is 0 Å². The summed E-state index contributed by atoms with van der Waals surface area (Å²) in [6, 6.07) is 5.26. The van der Waals surface area contributed by atoms with Gasteiger partial charge in [0.15, 0.2) is 0 Å². The van der Waals surface area contributed by atoms with E-state index in [0.717, 1.165) is 5.56 Å². The second kappa shape index (κ2) is 6.77. The molecule has 0 aromatic heterocycles. The molecule has 2 atom stereocenters. The van der Waals surface area contributed by atoms with Crippen LogP contribution in [0.5, 0.6) is 0 Å². The van der Waals surface area contributed by atoms with E-state index >= 15 is 0 Å². The number of ether oxygens (including phenoxy) is 1. The Hall–Kier alpha value is -1.92. The Morgan fingerprint density at radius 1 is 1.36 bits per heavy atom.